The molecule has 114 valence electrons. The van der Waals surface area contributed by atoms with Gasteiger partial charge in [0.1, 0.15) is 6.04 Å². The number of hydrogen-bond acceptors (Lipinski definition) is 3. The van der Waals surface area contributed by atoms with Gasteiger partial charge >= 0.3 is 0 Å². The predicted molar refractivity (Wildman–Crippen MR) is 94.4 cm³/mol. The molecule has 2 aromatic carbocycles. The Balaban J connectivity index is 1.89. The van der Waals surface area contributed by atoms with E-state index < -0.39 is 6.04 Å². The number of halogens is 2. The smallest absolute Gasteiger partial charge is 0.262 e. The number of carbonyl (C=O) groups excluding carboxylic acids is 1. The molecule has 2 aromatic rings. The SMILES string of the molecule is C[C@H](Nc1cccc(Br)c1)C(=O)NN=Cc1cccc(Cl)c1. The maximum Gasteiger partial charge on any atom is 0.262 e. The van der Waals surface area contributed by atoms with Gasteiger partial charge in [-0.05, 0) is 42.8 Å². The molecule has 2 rings (SSSR count). The van der Waals surface area contributed by atoms with Crippen molar-refractivity contribution in [2.45, 2.75) is 13.0 Å². The Morgan fingerprint density at radius 3 is 2.77 bits per heavy atom. The fourth-order valence-electron chi connectivity index (χ4n) is 1.75. The van der Waals surface area contributed by atoms with E-state index in [1.54, 1.807) is 25.3 Å². The van der Waals surface area contributed by atoms with Crippen LogP contribution in [0, 0.1) is 0 Å². The molecule has 0 aliphatic carbocycles. The number of carbonyl (C=O) groups is 1. The summed E-state index contributed by atoms with van der Waals surface area (Å²) in [6.07, 6.45) is 1.55. The number of nitrogens with one attached hydrogen (secondary N) is 2. The lowest BCUT2D eigenvalue weighted by molar-refractivity contribution is -0.121. The van der Waals surface area contributed by atoms with Gasteiger partial charge < -0.3 is 5.32 Å². The van der Waals surface area contributed by atoms with Crippen molar-refractivity contribution in [1.82, 2.24) is 5.43 Å². The fraction of sp³-hybridized carbons (Fsp3) is 0.125. The van der Waals surface area contributed by atoms with Gasteiger partial charge in [0.2, 0.25) is 0 Å². The molecular weight excluding hydrogens is 366 g/mol. The summed E-state index contributed by atoms with van der Waals surface area (Å²) in [5, 5.41) is 7.66. The Hall–Kier alpha value is -1.85. The first-order valence-corrected chi connectivity index (χ1v) is 7.82. The first-order chi connectivity index (χ1) is 10.5. The lowest BCUT2D eigenvalue weighted by Crippen LogP contribution is -2.34. The third kappa shape index (κ3) is 5.16. The normalized spacial score (nSPS) is 12.1. The van der Waals surface area contributed by atoms with E-state index in [1.165, 1.54) is 0 Å². The molecule has 0 bridgehead atoms. The summed E-state index contributed by atoms with van der Waals surface area (Å²) in [6, 6.07) is 14.4. The van der Waals surface area contributed by atoms with Gasteiger partial charge in [0.15, 0.2) is 0 Å². The molecule has 22 heavy (non-hydrogen) atoms. The van der Waals surface area contributed by atoms with Crippen molar-refractivity contribution in [3.8, 4) is 0 Å². The maximum absolute atomic E-state index is 12.0. The van der Waals surface area contributed by atoms with Crippen LogP contribution in [0.1, 0.15) is 12.5 Å². The molecule has 0 aliphatic heterocycles. The van der Waals surface area contributed by atoms with E-state index in [-0.39, 0.29) is 5.91 Å². The molecule has 0 radical (unpaired) electrons. The summed E-state index contributed by atoms with van der Waals surface area (Å²) in [7, 11) is 0. The lowest BCUT2D eigenvalue weighted by atomic mass is 10.2. The third-order valence-corrected chi connectivity index (χ3v) is 3.57. The Morgan fingerprint density at radius 1 is 1.27 bits per heavy atom. The van der Waals surface area contributed by atoms with Gasteiger partial charge in [-0.25, -0.2) is 5.43 Å². The van der Waals surface area contributed by atoms with Crippen molar-refractivity contribution in [1.29, 1.82) is 0 Å². The molecule has 0 saturated carbocycles. The summed E-state index contributed by atoms with van der Waals surface area (Å²) >= 11 is 9.26. The zero-order valence-electron chi connectivity index (χ0n) is 11.9. The number of benzene rings is 2. The summed E-state index contributed by atoms with van der Waals surface area (Å²) in [5.74, 6) is -0.224. The fourth-order valence-corrected chi connectivity index (χ4v) is 2.35. The monoisotopic (exact) mass is 379 g/mol. The van der Waals surface area contributed by atoms with E-state index in [0.717, 1.165) is 15.7 Å². The van der Waals surface area contributed by atoms with Gasteiger partial charge in [-0.15, -0.1) is 0 Å². The molecule has 2 N–H and O–H groups in total. The molecule has 4 nitrogen and oxygen atoms in total. The largest absolute Gasteiger partial charge is 0.374 e. The predicted octanol–water partition coefficient (Wildman–Crippen LogP) is 4.05. The van der Waals surface area contributed by atoms with Gasteiger partial charge in [0.05, 0.1) is 6.21 Å². The Morgan fingerprint density at radius 2 is 2.05 bits per heavy atom. The third-order valence-electron chi connectivity index (χ3n) is 2.84. The summed E-state index contributed by atoms with van der Waals surface area (Å²) in [5.41, 5.74) is 4.18. The highest BCUT2D eigenvalue weighted by Crippen LogP contribution is 2.16. The average Bonchev–Trinajstić information content (AvgIpc) is 2.47. The molecule has 1 atom stereocenters. The van der Waals surface area contributed by atoms with E-state index in [1.807, 2.05) is 36.4 Å². The van der Waals surface area contributed by atoms with Crippen molar-refractivity contribution in [3.05, 3.63) is 63.6 Å². The van der Waals surface area contributed by atoms with Crippen LogP contribution in [0.4, 0.5) is 5.69 Å². The van der Waals surface area contributed by atoms with Crippen LogP contribution in [0.5, 0.6) is 0 Å². The minimum atomic E-state index is -0.411. The van der Waals surface area contributed by atoms with Crippen molar-refractivity contribution in [2.75, 3.05) is 5.32 Å². The van der Waals surface area contributed by atoms with Crippen LogP contribution < -0.4 is 10.7 Å². The van der Waals surface area contributed by atoms with E-state index in [9.17, 15) is 4.79 Å². The second-order valence-corrected chi connectivity index (χ2v) is 6.02. The Kier molecular flexibility index (Phi) is 5.98. The molecule has 0 aromatic heterocycles. The van der Waals surface area contributed by atoms with Crippen LogP contribution in [0.2, 0.25) is 5.02 Å². The van der Waals surface area contributed by atoms with Crippen LogP contribution in [0.25, 0.3) is 0 Å². The molecule has 0 aliphatic rings. The molecule has 0 saturated heterocycles. The first kappa shape index (κ1) is 16.5. The number of amides is 1. The zero-order chi connectivity index (χ0) is 15.9. The topological polar surface area (TPSA) is 53.5 Å². The Bertz CT molecular complexity index is 691. The van der Waals surface area contributed by atoms with Gasteiger partial charge in [-0.1, -0.05) is 45.7 Å². The molecule has 0 spiro atoms. The number of hydrazone groups is 1. The molecule has 6 heteroatoms. The molecular formula is C16H15BrClN3O. The standard InChI is InChI=1S/C16H15BrClN3O/c1-11(20-15-7-3-5-13(17)9-15)16(22)21-19-10-12-4-2-6-14(18)8-12/h2-11,20H,1H3,(H,21,22)/t11-/m0/s1. The van der Waals surface area contributed by atoms with Crippen LogP contribution >= 0.6 is 27.5 Å². The second-order valence-electron chi connectivity index (χ2n) is 4.67. The summed E-state index contributed by atoms with van der Waals surface area (Å²) in [4.78, 5) is 12.0. The van der Waals surface area contributed by atoms with Crippen molar-refractivity contribution in [2.24, 2.45) is 5.10 Å². The van der Waals surface area contributed by atoms with Crippen LogP contribution in [0.15, 0.2) is 58.1 Å². The van der Waals surface area contributed by atoms with Gasteiger partial charge in [-0.2, -0.15) is 5.10 Å². The average molecular weight is 381 g/mol. The second kappa shape index (κ2) is 7.96. The van der Waals surface area contributed by atoms with E-state index in [4.69, 9.17) is 11.6 Å². The van der Waals surface area contributed by atoms with Crippen LogP contribution in [-0.4, -0.2) is 18.2 Å². The highest BCUT2D eigenvalue weighted by molar-refractivity contribution is 9.10. The van der Waals surface area contributed by atoms with Gasteiger partial charge in [0, 0.05) is 15.2 Å². The van der Waals surface area contributed by atoms with Crippen molar-refractivity contribution < 1.29 is 4.79 Å². The Labute approximate surface area is 142 Å². The summed E-state index contributed by atoms with van der Waals surface area (Å²) < 4.78 is 0.948. The minimum Gasteiger partial charge on any atom is -0.374 e. The maximum atomic E-state index is 12.0. The van der Waals surface area contributed by atoms with Gasteiger partial charge in [0.25, 0.3) is 5.91 Å². The first-order valence-electron chi connectivity index (χ1n) is 6.65. The zero-order valence-corrected chi connectivity index (χ0v) is 14.2. The number of hydrogen-bond donors (Lipinski definition) is 2. The van der Waals surface area contributed by atoms with Crippen LogP contribution in [0.3, 0.4) is 0 Å². The van der Waals surface area contributed by atoms with E-state index >= 15 is 0 Å². The molecule has 0 fully saturated rings. The molecule has 0 heterocycles. The molecule has 0 unspecified atom stereocenters. The quantitative estimate of drug-likeness (QED) is 0.607. The van der Waals surface area contributed by atoms with E-state index in [0.29, 0.717) is 5.02 Å². The number of rotatable bonds is 5. The van der Waals surface area contributed by atoms with Crippen LogP contribution in [-0.2, 0) is 4.79 Å². The minimum absolute atomic E-state index is 0.224. The summed E-state index contributed by atoms with van der Waals surface area (Å²) in [6.45, 7) is 1.77. The lowest BCUT2D eigenvalue weighted by Gasteiger charge is -2.13. The van der Waals surface area contributed by atoms with Crippen molar-refractivity contribution in [3.63, 3.8) is 0 Å². The number of nitrogens with zero attached hydrogens (tertiary/aromatic N) is 1. The molecule has 1 amide bonds. The van der Waals surface area contributed by atoms with E-state index in [2.05, 4.69) is 31.8 Å². The van der Waals surface area contributed by atoms with Crippen molar-refractivity contribution >= 4 is 45.3 Å². The highest BCUT2D eigenvalue weighted by Gasteiger charge is 2.11. The van der Waals surface area contributed by atoms with Gasteiger partial charge in [-0.3, -0.25) is 4.79 Å². The highest BCUT2D eigenvalue weighted by atomic mass is 79.9. The number of anilines is 1.